The molecule has 3 aromatic rings. The third-order valence-electron chi connectivity index (χ3n) is 4.05. The molecule has 3 rings (SSSR count). The normalized spacial score (nSPS) is 11.1. The molecule has 1 N–H and O–H groups in total. The smallest absolute Gasteiger partial charge is 0.376 e. The highest BCUT2D eigenvalue weighted by molar-refractivity contribution is 5.93. The highest BCUT2D eigenvalue weighted by atomic mass is 16.5. The SMILES string of the molecule is CCOC(=O)c1nc(NCCN(C)Cc2ccccc2)c2c(C)noc2n1. The summed E-state index contributed by atoms with van der Waals surface area (Å²) in [7, 11) is 2.05. The van der Waals surface area contributed by atoms with Gasteiger partial charge in [0.05, 0.1) is 12.3 Å². The number of nitrogens with one attached hydrogen (secondary N) is 1. The first-order valence-electron chi connectivity index (χ1n) is 8.86. The van der Waals surface area contributed by atoms with Crippen LogP contribution in [0.2, 0.25) is 0 Å². The zero-order valence-corrected chi connectivity index (χ0v) is 15.7. The number of esters is 1. The number of carbonyl (C=O) groups is 1. The summed E-state index contributed by atoms with van der Waals surface area (Å²) in [6.45, 7) is 6.08. The molecule has 0 aliphatic carbocycles. The summed E-state index contributed by atoms with van der Waals surface area (Å²) >= 11 is 0. The number of aromatic nitrogens is 3. The fraction of sp³-hybridized carbons (Fsp3) is 0.368. The third-order valence-corrected chi connectivity index (χ3v) is 4.05. The van der Waals surface area contributed by atoms with E-state index >= 15 is 0 Å². The van der Waals surface area contributed by atoms with Crippen LogP contribution in [-0.4, -0.2) is 52.7 Å². The van der Waals surface area contributed by atoms with E-state index in [1.165, 1.54) is 5.56 Å². The van der Waals surface area contributed by atoms with Crippen molar-refractivity contribution in [3.05, 3.63) is 47.4 Å². The molecule has 0 saturated carbocycles. The molecule has 0 aliphatic rings. The van der Waals surface area contributed by atoms with Gasteiger partial charge in [0.15, 0.2) is 0 Å². The standard InChI is InChI=1S/C19H23N5O3/c1-4-26-19(25)17-21-16(15-13(2)23-27-18(15)22-17)20-10-11-24(3)12-14-8-6-5-7-9-14/h5-9H,4,10-12H2,1-3H3,(H,20,21,22). The molecule has 0 atom stereocenters. The largest absolute Gasteiger partial charge is 0.460 e. The molecule has 0 spiro atoms. The van der Waals surface area contributed by atoms with E-state index in [-0.39, 0.29) is 18.1 Å². The maximum Gasteiger partial charge on any atom is 0.376 e. The second kappa shape index (κ2) is 8.59. The van der Waals surface area contributed by atoms with Crippen molar-refractivity contribution in [2.45, 2.75) is 20.4 Å². The Balaban J connectivity index is 1.69. The van der Waals surface area contributed by atoms with Crippen LogP contribution in [0.3, 0.4) is 0 Å². The van der Waals surface area contributed by atoms with Crippen molar-refractivity contribution >= 4 is 22.9 Å². The minimum absolute atomic E-state index is 0.0411. The van der Waals surface area contributed by atoms with Gasteiger partial charge in [0.1, 0.15) is 11.2 Å². The summed E-state index contributed by atoms with van der Waals surface area (Å²) < 4.78 is 10.2. The average molecular weight is 369 g/mol. The van der Waals surface area contributed by atoms with Gasteiger partial charge in [-0.2, -0.15) is 4.98 Å². The van der Waals surface area contributed by atoms with E-state index in [1.807, 2.05) is 25.1 Å². The lowest BCUT2D eigenvalue weighted by molar-refractivity contribution is 0.0512. The number of benzene rings is 1. The predicted molar refractivity (Wildman–Crippen MR) is 102 cm³/mol. The molecular formula is C19H23N5O3. The number of hydrogen-bond acceptors (Lipinski definition) is 8. The lowest BCUT2D eigenvalue weighted by atomic mass is 10.2. The van der Waals surface area contributed by atoms with Gasteiger partial charge in [0.2, 0.25) is 5.82 Å². The van der Waals surface area contributed by atoms with Crippen LogP contribution in [0.15, 0.2) is 34.9 Å². The maximum atomic E-state index is 12.0. The molecule has 1 aromatic carbocycles. The first-order valence-corrected chi connectivity index (χ1v) is 8.86. The lowest BCUT2D eigenvalue weighted by Gasteiger charge is -2.17. The van der Waals surface area contributed by atoms with Gasteiger partial charge in [-0.3, -0.25) is 0 Å². The fourth-order valence-electron chi connectivity index (χ4n) is 2.74. The maximum absolute atomic E-state index is 12.0. The second-order valence-corrected chi connectivity index (χ2v) is 6.21. The first-order chi connectivity index (χ1) is 13.1. The Morgan fingerprint density at radius 1 is 1.26 bits per heavy atom. The second-order valence-electron chi connectivity index (χ2n) is 6.21. The van der Waals surface area contributed by atoms with E-state index in [0.717, 1.165) is 13.1 Å². The Bertz CT molecular complexity index is 910. The number of rotatable bonds is 8. The molecule has 2 heterocycles. The van der Waals surface area contributed by atoms with Crippen molar-refractivity contribution in [2.24, 2.45) is 0 Å². The average Bonchev–Trinajstić information content (AvgIpc) is 3.04. The zero-order chi connectivity index (χ0) is 19.2. The van der Waals surface area contributed by atoms with Crippen LogP contribution < -0.4 is 5.32 Å². The number of nitrogens with zero attached hydrogens (tertiary/aromatic N) is 4. The lowest BCUT2D eigenvalue weighted by Crippen LogP contribution is -2.25. The Kier molecular flexibility index (Phi) is 5.97. The molecule has 0 saturated heterocycles. The molecular weight excluding hydrogens is 346 g/mol. The van der Waals surface area contributed by atoms with E-state index in [1.54, 1.807) is 6.92 Å². The molecule has 0 unspecified atom stereocenters. The van der Waals surface area contributed by atoms with Gasteiger partial charge in [-0.1, -0.05) is 35.5 Å². The van der Waals surface area contributed by atoms with Crippen LogP contribution >= 0.6 is 0 Å². The molecule has 0 aliphatic heterocycles. The van der Waals surface area contributed by atoms with E-state index < -0.39 is 5.97 Å². The monoisotopic (exact) mass is 369 g/mol. The summed E-state index contributed by atoms with van der Waals surface area (Å²) in [6.07, 6.45) is 0. The van der Waals surface area contributed by atoms with Crippen LogP contribution in [0, 0.1) is 6.92 Å². The van der Waals surface area contributed by atoms with Crippen molar-refractivity contribution in [1.82, 2.24) is 20.0 Å². The molecule has 8 nitrogen and oxygen atoms in total. The molecule has 0 bridgehead atoms. The third kappa shape index (κ3) is 4.59. The number of fused-ring (bicyclic) bond motifs is 1. The molecule has 0 radical (unpaired) electrons. The number of likely N-dealkylation sites (N-methyl/N-ethyl adjacent to an activating group) is 1. The van der Waals surface area contributed by atoms with E-state index in [9.17, 15) is 4.79 Å². The van der Waals surface area contributed by atoms with Gasteiger partial charge >= 0.3 is 5.97 Å². The Morgan fingerprint density at radius 3 is 2.78 bits per heavy atom. The van der Waals surface area contributed by atoms with Gasteiger partial charge in [0.25, 0.3) is 5.71 Å². The van der Waals surface area contributed by atoms with Gasteiger partial charge in [0, 0.05) is 19.6 Å². The van der Waals surface area contributed by atoms with E-state index in [4.69, 9.17) is 9.26 Å². The van der Waals surface area contributed by atoms with Crippen molar-refractivity contribution in [2.75, 3.05) is 32.1 Å². The van der Waals surface area contributed by atoms with E-state index in [2.05, 4.69) is 44.5 Å². The van der Waals surface area contributed by atoms with E-state index in [0.29, 0.717) is 23.4 Å². The number of aryl methyl sites for hydroxylation is 1. The molecule has 142 valence electrons. The predicted octanol–water partition coefficient (Wildman–Crippen LogP) is 2.65. The highest BCUT2D eigenvalue weighted by Gasteiger charge is 2.19. The number of anilines is 1. The molecule has 0 amide bonds. The number of ether oxygens (including phenoxy) is 1. The van der Waals surface area contributed by atoms with Gasteiger partial charge in [-0.05, 0) is 26.5 Å². The quantitative estimate of drug-likeness (QED) is 0.606. The fourth-order valence-corrected chi connectivity index (χ4v) is 2.74. The number of carbonyl (C=O) groups excluding carboxylic acids is 1. The number of hydrogen-bond donors (Lipinski definition) is 1. The van der Waals surface area contributed by atoms with Crippen LogP contribution in [-0.2, 0) is 11.3 Å². The summed E-state index contributed by atoms with van der Waals surface area (Å²) in [5.41, 5.74) is 2.19. The highest BCUT2D eigenvalue weighted by Crippen LogP contribution is 2.23. The van der Waals surface area contributed by atoms with Crippen molar-refractivity contribution in [3.63, 3.8) is 0 Å². The van der Waals surface area contributed by atoms with Crippen molar-refractivity contribution in [3.8, 4) is 0 Å². The van der Waals surface area contributed by atoms with Gasteiger partial charge in [-0.15, -0.1) is 0 Å². The zero-order valence-electron chi connectivity index (χ0n) is 15.7. The minimum Gasteiger partial charge on any atom is -0.460 e. The molecule has 0 fully saturated rings. The Morgan fingerprint density at radius 2 is 2.04 bits per heavy atom. The van der Waals surface area contributed by atoms with Crippen LogP contribution in [0.25, 0.3) is 11.1 Å². The summed E-state index contributed by atoms with van der Waals surface area (Å²) in [4.78, 5) is 22.6. The van der Waals surface area contributed by atoms with Crippen LogP contribution in [0.5, 0.6) is 0 Å². The van der Waals surface area contributed by atoms with Crippen LogP contribution in [0.1, 0.15) is 28.8 Å². The summed E-state index contributed by atoms with van der Waals surface area (Å²) in [6, 6.07) is 10.3. The van der Waals surface area contributed by atoms with Crippen molar-refractivity contribution < 1.29 is 14.1 Å². The minimum atomic E-state index is -0.585. The first kappa shape index (κ1) is 18.8. The summed E-state index contributed by atoms with van der Waals surface area (Å²) in [5, 5.41) is 7.86. The molecule has 2 aromatic heterocycles. The topological polar surface area (TPSA) is 93.4 Å². The summed E-state index contributed by atoms with van der Waals surface area (Å²) in [5.74, 6) is -0.103. The molecule has 27 heavy (non-hydrogen) atoms. The Labute approximate surface area is 157 Å². The van der Waals surface area contributed by atoms with Crippen molar-refractivity contribution in [1.29, 1.82) is 0 Å². The van der Waals surface area contributed by atoms with Gasteiger partial charge in [-0.25, -0.2) is 9.78 Å². The molecule has 8 heteroatoms. The van der Waals surface area contributed by atoms with Crippen LogP contribution in [0.4, 0.5) is 5.82 Å². The van der Waals surface area contributed by atoms with Gasteiger partial charge < -0.3 is 19.5 Å². The Hall–Kier alpha value is -3.00.